The second kappa shape index (κ2) is 10.4. The second-order valence-electron chi connectivity index (χ2n) is 11.9. The Balaban J connectivity index is 1.86. The highest BCUT2D eigenvalue weighted by atomic mass is 19.1. The van der Waals surface area contributed by atoms with Crippen molar-refractivity contribution >= 4 is 22.3 Å². The van der Waals surface area contributed by atoms with Crippen molar-refractivity contribution in [3.05, 3.63) is 70.7 Å². The van der Waals surface area contributed by atoms with E-state index >= 15 is 0 Å². The molecule has 4 N–H and O–H groups in total. The fourth-order valence-corrected chi connectivity index (χ4v) is 4.27. The summed E-state index contributed by atoms with van der Waals surface area (Å²) >= 11 is 0. The van der Waals surface area contributed by atoms with E-state index in [-0.39, 0.29) is 11.0 Å². The summed E-state index contributed by atoms with van der Waals surface area (Å²) < 4.78 is 13.9. The number of nitrogens with zero attached hydrogens (tertiary/aromatic N) is 5. The average molecular weight is 528 g/mol. The van der Waals surface area contributed by atoms with Crippen molar-refractivity contribution in [1.82, 2.24) is 25.9 Å². The van der Waals surface area contributed by atoms with Crippen LogP contribution in [0.1, 0.15) is 70.0 Å². The molecular weight excluding hydrogens is 493 g/mol. The average Bonchev–Trinajstić information content (AvgIpc) is 3.36. The van der Waals surface area contributed by atoms with Gasteiger partial charge in [0, 0.05) is 46.8 Å². The number of rotatable bonds is 6. The van der Waals surface area contributed by atoms with Crippen molar-refractivity contribution in [3.63, 3.8) is 0 Å². The molecule has 1 aromatic carbocycles. The first-order chi connectivity index (χ1) is 18.3. The smallest absolute Gasteiger partial charge is 0.213 e. The van der Waals surface area contributed by atoms with Crippen LogP contribution in [0.25, 0.3) is 10.9 Å². The van der Waals surface area contributed by atoms with Crippen LogP contribution in [-0.2, 0) is 0 Å². The van der Waals surface area contributed by atoms with Crippen molar-refractivity contribution in [1.29, 1.82) is 10.5 Å². The molecule has 0 unspecified atom stereocenters. The van der Waals surface area contributed by atoms with Crippen LogP contribution < -0.4 is 21.6 Å². The fourth-order valence-electron chi connectivity index (χ4n) is 4.27. The Hall–Kier alpha value is -4.41. The van der Waals surface area contributed by atoms with E-state index in [4.69, 9.17) is 0 Å². The highest BCUT2D eigenvalue weighted by Crippen LogP contribution is 2.35. The van der Waals surface area contributed by atoms with E-state index in [1.54, 1.807) is 19.1 Å². The van der Waals surface area contributed by atoms with Gasteiger partial charge in [0.05, 0.1) is 34.1 Å². The van der Waals surface area contributed by atoms with Gasteiger partial charge in [-0.1, -0.05) is 26.8 Å². The monoisotopic (exact) mass is 527 g/mol. The molecule has 2 aromatic heterocycles. The van der Waals surface area contributed by atoms with E-state index in [1.807, 2.05) is 17.3 Å². The molecule has 0 radical (unpaired) electrons. The zero-order valence-corrected chi connectivity index (χ0v) is 23.4. The molecule has 0 bridgehead atoms. The third-order valence-corrected chi connectivity index (χ3v) is 6.35. The lowest BCUT2D eigenvalue weighted by molar-refractivity contribution is 0.138. The molecule has 9 nitrogen and oxygen atoms in total. The second-order valence-corrected chi connectivity index (χ2v) is 11.9. The van der Waals surface area contributed by atoms with E-state index in [0.29, 0.717) is 45.6 Å². The van der Waals surface area contributed by atoms with Crippen molar-refractivity contribution in [2.45, 2.75) is 60.0 Å². The molecule has 0 amide bonds. The fraction of sp³-hybridized carbons (Fsp3) is 0.379. The van der Waals surface area contributed by atoms with Gasteiger partial charge in [0.1, 0.15) is 12.1 Å². The van der Waals surface area contributed by atoms with Crippen LogP contribution in [0, 0.1) is 40.9 Å². The summed E-state index contributed by atoms with van der Waals surface area (Å²) in [6.07, 6.45) is 3.45. The van der Waals surface area contributed by atoms with Crippen LogP contribution >= 0.6 is 0 Å². The Bertz CT molecular complexity index is 1520. The van der Waals surface area contributed by atoms with E-state index in [9.17, 15) is 14.9 Å². The quantitative estimate of drug-likeness (QED) is 0.312. The van der Waals surface area contributed by atoms with Crippen LogP contribution in [0.5, 0.6) is 0 Å². The molecule has 202 valence electrons. The Morgan fingerprint density at radius 1 is 1.08 bits per heavy atom. The van der Waals surface area contributed by atoms with Gasteiger partial charge in [0.15, 0.2) is 0 Å². The molecule has 1 aliphatic heterocycles. The maximum absolute atomic E-state index is 13.9. The zero-order valence-electron chi connectivity index (χ0n) is 23.4. The van der Waals surface area contributed by atoms with Gasteiger partial charge in [-0.2, -0.15) is 14.9 Å². The Morgan fingerprint density at radius 2 is 1.79 bits per heavy atom. The molecule has 3 heterocycles. The summed E-state index contributed by atoms with van der Waals surface area (Å²) in [6.45, 7) is 14.9. The number of nitriles is 2. The largest absolute Gasteiger partial charge is 0.383 e. The van der Waals surface area contributed by atoms with Crippen molar-refractivity contribution < 1.29 is 4.39 Å². The molecule has 0 saturated heterocycles. The molecule has 39 heavy (non-hydrogen) atoms. The highest BCUT2D eigenvalue weighted by molar-refractivity contribution is 5.99. The number of nitrogens with one attached hydrogen (secondary N) is 4. The van der Waals surface area contributed by atoms with Crippen molar-refractivity contribution in [3.8, 4) is 12.1 Å². The van der Waals surface area contributed by atoms with Gasteiger partial charge in [-0.3, -0.25) is 9.99 Å². The number of benzene rings is 1. The van der Waals surface area contributed by atoms with E-state index in [0.717, 1.165) is 11.3 Å². The van der Waals surface area contributed by atoms with Gasteiger partial charge in [-0.05, 0) is 51.3 Å². The number of halogens is 1. The van der Waals surface area contributed by atoms with Gasteiger partial charge in [-0.25, -0.2) is 4.98 Å². The maximum Gasteiger partial charge on any atom is 0.213 e. The molecule has 1 aliphatic rings. The predicted octanol–water partition coefficient (Wildman–Crippen LogP) is 5.40. The number of anilines is 2. The Morgan fingerprint density at radius 3 is 2.38 bits per heavy atom. The lowest BCUT2D eigenvalue weighted by Crippen LogP contribution is -2.47. The minimum atomic E-state index is -0.556. The number of hydrazine groups is 2. The molecule has 0 spiro atoms. The standard InChI is InChI=1S/C29H34FN9/c1-17-21(8-9-24(30)35-17)27(23-15-39(38-37-23)29(5,6)7)36-20-10-18(12-31)25-22(11-20)26(19(13-32)14-33-25)34-16-28(2,3)4/h8-11,14-15,27,36-38H,16H2,1-7H3,(H,33,34)/t27-/m0/s1. The summed E-state index contributed by atoms with van der Waals surface area (Å²) in [5.41, 5.74) is 10.8. The molecule has 0 fully saturated rings. The van der Waals surface area contributed by atoms with Crippen LogP contribution in [0.15, 0.2) is 42.4 Å². The number of hydrogen-bond acceptors (Lipinski definition) is 9. The highest BCUT2D eigenvalue weighted by Gasteiger charge is 2.29. The predicted molar refractivity (Wildman–Crippen MR) is 150 cm³/mol. The zero-order chi connectivity index (χ0) is 28.5. The lowest BCUT2D eigenvalue weighted by Gasteiger charge is -2.30. The summed E-state index contributed by atoms with van der Waals surface area (Å²) in [6, 6.07) is 10.7. The first kappa shape index (κ1) is 27.6. The first-order valence-electron chi connectivity index (χ1n) is 12.7. The molecule has 0 saturated carbocycles. The van der Waals surface area contributed by atoms with Crippen molar-refractivity contribution in [2.75, 3.05) is 17.2 Å². The van der Waals surface area contributed by atoms with E-state index < -0.39 is 12.0 Å². The summed E-state index contributed by atoms with van der Waals surface area (Å²) in [5, 5.41) is 29.4. The van der Waals surface area contributed by atoms with Gasteiger partial charge in [0.2, 0.25) is 5.95 Å². The summed E-state index contributed by atoms with van der Waals surface area (Å²) in [4.78, 5) is 8.48. The molecule has 1 atom stereocenters. The van der Waals surface area contributed by atoms with Gasteiger partial charge in [-0.15, -0.1) is 5.53 Å². The number of hydrogen-bond donors (Lipinski definition) is 4. The van der Waals surface area contributed by atoms with Crippen LogP contribution in [-0.4, -0.2) is 27.1 Å². The Labute approximate surface area is 228 Å². The molecule has 10 heteroatoms. The van der Waals surface area contributed by atoms with E-state index in [1.165, 1.54) is 12.3 Å². The number of aromatic nitrogens is 2. The summed E-state index contributed by atoms with van der Waals surface area (Å²) in [7, 11) is 0. The van der Waals surface area contributed by atoms with Crippen LogP contribution in [0.4, 0.5) is 15.8 Å². The maximum atomic E-state index is 13.9. The number of fused-ring (bicyclic) bond motifs is 1. The summed E-state index contributed by atoms with van der Waals surface area (Å²) in [5.74, 6) is -0.556. The molecular formula is C29H34FN9. The van der Waals surface area contributed by atoms with Crippen LogP contribution in [0.2, 0.25) is 0 Å². The first-order valence-corrected chi connectivity index (χ1v) is 12.7. The Kier molecular flexibility index (Phi) is 7.36. The van der Waals surface area contributed by atoms with Gasteiger partial charge < -0.3 is 16.1 Å². The third-order valence-electron chi connectivity index (χ3n) is 6.35. The van der Waals surface area contributed by atoms with E-state index in [2.05, 4.69) is 85.2 Å². The minimum Gasteiger partial charge on any atom is -0.383 e. The van der Waals surface area contributed by atoms with Crippen LogP contribution in [0.3, 0.4) is 0 Å². The third kappa shape index (κ3) is 6.02. The SMILES string of the molecule is Cc1nc(F)ccc1[C@H](Nc1cc(C#N)c2ncc(C#N)c(NCC(C)(C)C)c2c1)C1=CN(C(C)(C)C)NN1. The van der Waals surface area contributed by atoms with Crippen molar-refractivity contribution in [2.24, 2.45) is 5.41 Å². The van der Waals surface area contributed by atoms with Gasteiger partial charge >= 0.3 is 0 Å². The topological polar surface area (TPSA) is 125 Å². The van der Waals surface area contributed by atoms with Gasteiger partial charge in [0.25, 0.3) is 0 Å². The number of aryl methyl sites for hydroxylation is 1. The molecule has 3 aromatic rings. The normalized spacial score (nSPS) is 14.3. The molecule has 0 aliphatic carbocycles. The molecule has 4 rings (SSSR count). The number of pyridine rings is 2. The minimum absolute atomic E-state index is 0.0407. The lowest BCUT2D eigenvalue weighted by atomic mass is 9.96.